The molecule has 0 radical (unpaired) electrons. The van der Waals surface area contributed by atoms with E-state index in [2.05, 4.69) is 33.9 Å². The fourth-order valence-electron chi connectivity index (χ4n) is 1.66. The van der Waals surface area contributed by atoms with Gasteiger partial charge in [0, 0.05) is 6.42 Å². The summed E-state index contributed by atoms with van der Waals surface area (Å²) in [5.41, 5.74) is 0. The van der Waals surface area contributed by atoms with E-state index in [1.807, 2.05) is 0 Å². The lowest BCUT2D eigenvalue weighted by Gasteiger charge is -2.38. The van der Waals surface area contributed by atoms with Crippen molar-refractivity contribution in [2.24, 2.45) is 0 Å². The molecule has 100 valence electrons. The summed E-state index contributed by atoms with van der Waals surface area (Å²) in [6.07, 6.45) is -1.82. The van der Waals surface area contributed by atoms with Crippen molar-refractivity contribution in [3.05, 3.63) is 0 Å². The number of aliphatic hydroxyl groups excluding tert-OH is 1. The maximum absolute atomic E-state index is 10.8. The Bertz CT molecular complexity index is 300. The van der Waals surface area contributed by atoms with E-state index in [4.69, 9.17) is 9.53 Å². The normalized spacial score (nSPS) is 26.4. The molecule has 0 spiro atoms. The van der Waals surface area contributed by atoms with Crippen LogP contribution in [0.2, 0.25) is 18.1 Å². The van der Waals surface area contributed by atoms with Gasteiger partial charge in [0.2, 0.25) is 0 Å². The maximum Gasteiger partial charge on any atom is 0.409 e. The van der Waals surface area contributed by atoms with Crippen molar-refractivity contribution >= 4 is 14.4 Å². The lowest BCUT2D eigenvalue weighted by molar-refractivity contribution is 0.0406. The standard InChI is InChI=1S/C11H23NO4Si/c1-11(2,3)17(4,5)16-8-6-9(13)12(7-8)10(14)15/h8-9,13H,6-7H2,1-5H3,(H,14,15)/t8-,9-/m1/s1. The Morgan fingerprint density at radius 1 is 1.41 bits per heavy atom. The fourth-order valence-corrected chi connectivity index (χ4v) is 3.02. The molecule has 0 bridgehead atoms. The summed E-state index contributed by atoms with van der Waals surface area (Å²) in [5.74, 6) is 0. The zero-order valence-corrected chi connectivity index (χ0v) is 12.2. The van der Waals surface area contributed by atoms with Gasteiger partial charge in [-0.25, -0.2) is 4.79 Å². The predicted octanol–water partition coefficient (Wildman–Crippen LogP) is 2.08. The van der Waals surface area contributed by atoms with Crippen molar-refractivity contribution in [1.29, 1.82) is 0 Å². The Morgan fingerprint density at radius 3 is 2.29 bits per heavy atom. The van der Waals surface area contributed by atoms with Gasteiger partial charge in [0.05, 0.1) is 12.6 Å². The van der Waals surface area contributed by atoms with Gasteiger partial charge >= 0.3 is 6.09 Å². The van der Waals surface area contributed by atoms with Crippen LogP contribution in [0, 0.1) is 0 Å². The molecule has 1 amide bonds. The number of hydrogen-bond acceptors (Lipinski definition) is 3. The second-order valence-corrected chi connectivity index (χ2v) is 10.9. The van der Waals surface area contributed by atoms with Crippen molar-refractivity contribution in [3.63, 3.8) is 0 Å². The van der Waals surface area contributed by atoms with Crippen LogP contribution in [-0.4, -0.2) is 48.4 Å². The first-order valence-corrected chi connectivity index (χ1v) is 8.81. The molecule has 1 fully saturated rings. The fraction of sp³-hybridized carbons (Fsp3) is 0.909. The van der Waals surface area contributed by atoms with Gasteiger partial charge in [0.25, 0.3) is 0 Å². The van der Waals surface area contributed by atoms with Gasteiger partial charge in [-0.1, -0.05) is 20.8 Å². The highest BCUT2D eigenvalue weighted by atomic mass is 28.4. The third-order valence-electron chi connectivity index (χ3n) is 3.75. The highest BCUT2D eigenvalue weighted by Gasteiger charge is 2.43. The van der Waals surface area contributed by atoms with E-state index >= 15 is 0 Å². The summed E-state index contributed by atoms with van der Waals surface area (Å²) < 4.78 is 6.09. The van der Waals surface area contributed by atoms with Gasteiger partial charge in [-0.05, 0) is 18.1 Å². The first-order chi connectivity index (χ1) is 7.54. The molecule has 2 N–H and O–H groups in total. The van der Waals surface area contributed by atoms with Crippen LogP contribution in [0.1, 0.15) is 27.2 Å². The van der Waals surface area contributed by atoms with E-state index in [1.54, 1.807) is 0 Å². The van der Waals surface area contributed by atoms with Crippen LogP contribution in [0.15, 0.2) is 0 Å². The Balaban J connectivity index is 2.64. The van der Waals surface area contributed by atoms with E-state index in [9.17, 15) is 9.90 Å². The lowest BCUT2D eigenvalue weighted by Crippen LogP contribution is -2.44. The number of carboxylic acid groups (broad SMARTS) is 1. The molecule has 0 aromatic carbocycles. The van der Waals surface area contributed by atoms with E-state index in [0.717, 1.165) is 4.90 Å². The maximum atomic E-state index is 10.8. The van der Waals surface area contributed by atoms with Gasteiger partial charge in [0.1, 0.15) is 6.23 Å². The number of carbonyl (C=O) groups is 1. The topological polar surface area (TPSA) is 70.0 Å². The molecule has 6 heteroatoms. The van der Waals surface area contributed by atoms with Crippen molar-refractivity contribution in [2.75, 3.05) is 6.54 Å². The summed E-state index contributed by atoms with van der Waals surface area (Å²) in [7, 11) is -1.89. The molecule has 0 aliphatic carbocycles. The quantitative estimate of drug-likeness (QED) is 0.747. The van der Waals surface area contributed by atoms with Gasteiger partial charge in [0.15, 0.2) is 8.32 Å². The molecule has 0 saturated carbocycles. The van der Waals surface area contributed by atoms with Crippen molar-refractivity contribution in [1.82, 2.24) is 4.90 Å². The molecule has 0 unspecified atom stereocenters. The highest BCUT2D eigenvalue weighted by Crippen LogP contribution is 2.38. The van der Waals surface area contributed by atoms with Crippen LogP contribution < -0.4 is 0 Å². The highest BCUT2D eigenvalue weighted by molar-refractivity contribution is 6.74. The number of nitrogens with zero attached hydrogens (tertiary/aromatic N) is 1. The molecule has 1 saturated heterocycles. The first kappa shape index (κ1) is 14.5. The van der Waals surface area contributed by atoms with Crippen LogP contribution in [0.5, 0.6) is 0 Å². The number of hydrogen-bond donors (Lipinski definition) is 2. The van der Waals surface area contributed by atoms with Gasteiger partial charge in [-0.15, -0.1) is 0 Å². The lowest BCUT2D eigenvalue weighted by atomic mass is 10.2. The van der Waals surface area contributed by atoms with Gasteiger partial charge < -0.3 is 14.6 Å². The third-order valence-corrected chi connectivity index (χ3v) is 8.28. The molecule has 2 atom stereocenters. The summed E-state index contributed by atoms with van der Waals surface area (Å²) in [6.45, 7) is 10.9. The second kappa shape index (κ2) is 4.59. The molecule has 1 rings (SSSR count). The minimum absolute atomic E-state index is 0.0919. The number of aliphatic hydroxyl groups is 1. The van der Waals surface area contributed by atoms with E-state index in [1.165, 1.54) is 0 Å². The second-order valence-electron chi connectivity index (χ2n) is 6.15. The Labute approximate surface area is 104 Å². The Morgan fingerprint density at radius 2 is 1.94 bits per heavy atom. The Hall–Kier alpha value is -0.593. The summed E-state index contributed by atoms with van der Waals surface area (Å²) >= 11 is 0. The number of rotatable bonds is 2. The van der Waals surface area contributed by atoms with Crippen molar-refractivity contribution < 1.29 is 19.4 Å². The zero-order chi connectivity index (χ0) is 13.4. The van der Waals surface area contributed by atoms with Crippen LogP contribution in [0.4, 0.5) is 4.79 Å². The minimum Gasteiger partial charge on any atom is -0.465 e. The molecule has 17 heavy (non-hydrogen) atoms. The Kier molecular flexibility index (Phi) is 3.90. The van der Waals surface area contributed by atoms with Crippen LogP contribution in [0.25, 0.3) is 0 Å². The molecular formula is C11H23NO4Si. The molecule has 1 heterocycles. The summed E-state index contributed by atoms with van der Waals surface area (Å²) in [4.78, 5) is 11.9. The van der Waals surface area contributed by atoms with Gasteiger partial charge in [-0.2, -0.15) is 0 Å². The molecule has 1 aliphatic heterocycles. The van der Waals surface area contributed by atoms with E-state index in [-0.39, 0.29) is 17.7 Å². The molecule has 0 aromatic heterocycles. The van der Waals surface area contributed by atoms with Crippen LogP contribution >= 0.6 is 0 Å². The smallest absolute Gasteiger partial charge is 0.409 e. The van der Waals surface area contributed by atoms with E-state index < -0.39 is 20.6 Å². The van der Waals surface area contributed by atoms with Crippen LogP contribution in [0.3, 0.4) is 0 Å². The average Bonchev–Trinajstić information content (AvgIpc) is 2.43. The number of likely N-dealkylation sites (tertiary alicyclic amines) is 1. The number of amides is 1. The predicted molar refractivity (Wildman–Crippen MR) is 67.4 cm³/mol. The van der Waals surface area contributed by atoms with Crippen molar-refractivity contribution in [3.8, 4) is 0 Å². The monoisotopic (exact) mass is 261 g/mol. The van der Waals surface area contributed by atoms with Crippen LogP contribution in [-0.2, 0) is 4.43 Å². The first-order valence-electron chi connectivity index (χ1n) is 5.90. The third kappa shape index (κ3) is 3.20. The zero-order valence-electron chi connectivity index (χ0n) is 11.2. The molecule has 1 aliphatic rings. The molecule has 0 aromatic rings. The average molecular weight is 261 g/mol. The van der Waals surface area contributed by atoms with Gasteiger partial charge in [-0.3, -0.25) is 4.90 Å². The van der Waals surface area contributed by atoms with E-state index in [0.29, 0.717) is 6.42 Å². The molecular weight excluding hydrogens is 238 g/mol. The summed E-state index contributed by atoms with van der Waals surface area (Å²) in [5, 5.41) is 18.6. The van der Waals surface area contributed by atoms with Crippen molar-refractivity contribution in [2.45, 2.75) is 57.7 Å². The summed E-state index contributed by atoms with van der Waals surface area (Å²) in [6, 6.07) is 0. The molecule has 5 nitrogen and oxygen atoms in total. The SMILES string of the molecule is CC(C)(C)[Si](C)(C)O[C@@H]1C[C@@H](O)N(C(=O)O)C1. The largest absolute Gasteiger partial charge is 0.465 e. The minimum atomic E-state index is -1.89.